The fraction of sp³-hybridized carbons (Fsp3) is 0.542. The highest BCUT2D eigenvalue weighted by Gasteiger charge is 2.28. The first-order chi connectivity index (χ1) is 15.4. The summed E-state index contributed by atoms with van der Waals surface area (Å²) in [6.07, 6.45) is 5.05. The second-order valence-electron chi connectivity index (χ2n) is 8.97. The van der Waals surface area contributed by atoms with E-state index in [0.717, 1.165) is 56.6 Å². The Balaban J connectivity index is 1.24. The molecule has 0 spiro atoms. The van der Waals surface area contributed by atoms with Crippen LogP contribution in [0.25, 0.3) is 0 Å². The molecule has 1 aromatic heterocycles. The summed E-state index contributed by atoms with van der Waals surface area (Å²) in [6.45, 7) is 6.19. The SMILES string of the molecule is Cc1cccc(CN2CCC(NC(=O)Cc3ccc(S(=O)(=O)N4CCCCC4)s3)CC2)c1. The van der Waals surface area contributed by atoms with E-state index in [1.165, 1.54) is 22.5 Å². The summed E-state index contributed by atoms with van der Waals surface area (Å²) in [6, 6.07) is 12.2. The summed E-state index contributed by atoms with van der Waals surface area (Å²) in [5, 5.41) is 3.15. The minimum Gasteiger partial charge on any atom is -0.353 e. The summed E-state index contributed by atoms with van der Waals surface area (Å²) in [5.41, 5.74) is 2.62. The van der Waals surface area contributed by atoms with E-state index in [-0.39, 0.29) is 18.4 Å². The van der Waals surface area contributed by atoms with E-state index < -0.39 is 10.0 Å². The quantitative estimate of drug-likeness (QED) is 0.665. The average Bonchev–Trinajstić information content (AvgIpc) is 3.25. The first-order valence-electron chi connectivity index (χ1n) is 11.6. The molecule has 0 aliphatic carbocycles. The largest absolute Gasteiger partial charge is 0.353 e. The highest BCUT2D eigenvalue weighted by Crippen LogP contribution is 2.27. The lowest BCUT2D eigenvalue weighted by molar-refractivity contribution is -0.121. The Morgan fingerprint density at radius 2 is 1.81 bits per heavy atom. The maximum atomic E-state index is 12.8. The lowest BCUT2D eigenvalue weighted by atomic mass is 10.0. The number of carbonyl (C=O) groups is 1. The van der Waals surface area contributed by atoms with Crippen molar-refractivity contribution in [2.45, 2.75) is 62.2 Å². The van der Waals surface area contributed by atoms with Crippen LogP contribution in [0.1, 0.15) is 48.1 Å². The van der Waals surface area contributed by atoms with Crippen molar-refractivity contribution in [1.82, 2.24) is 14.5 Å². The maximum absolute atomic E-state index is 12.8. The van der Waals surface area contributed by atoms with Crippen molar-refractivity contribution >= 4 is 27.3 Å². The second kappa shape index (κ2) is 10.5. The third kappa shape index (κ3) is 5.98. The predicted molar refractivity (Wildman–Crippen MR) is 128 cm³/mol. The summed E-state index contributed by atoms with van der Waals surface area (Å²) in [4.78, 5) is 15.8. The maximum Gasteiger partial charge on any atom is 0.252 e. The molecule has 32 heavy (non-hydrogen) atoms. The van der Waals surface area contributed by atoms with Crippen LogP contribution in [0.4, 0.5) is 0 Å². The first-order valence-corrected chi connectivity index (χ1v) is 13.8. The van der Waals surface area contributed by atoms with Gasteiger partial charge in [-0.15, -0.1) is 11.3 Å². The van der Waals surface area contributed by atoms with Crippen molar-refractivity contribution < 1.29 is 13.2 Å². The molecule has 174 valence electrons. The van der Waals surface area contributed by atoms with Gasteiger partial charge < -0.3 is 5.32 Å². The molecule has 1 aromatic carbocycles. The van der Waals surface area contributed by atoms with Crippen LogP contribution in [-0.4, -0.2) is 55.8 Å². The average molecular weight is 476 g/mol. The number of piperidine rings is 2. The number of amides is 1. The molecule has 0 bridgehead atoms. The van der Waals surface area contributed by atoms with Gasteiger partial charge in [0.15, 0.2) is 0 Å². The molecule has 2 fully saturated rings. The highest BCUT2D eigenvalue weighted by molar-refractivity contribution is 7.91. The van der Waals surface area contributed by atoms with Gasteiger partial charge in [-0.05, 0) is 50.3 Å². The zero-order chi connectivity index (χ0) is 22.6. The van der Waals surface area contributed by atoms with Crippen molar-refractivity contribution in [2.24, 2.45) is 0 Å². The van der Waals surface area contributed by atoms with Gasteiger partial charge in [0.05, 0.1) is 6.42 Å². The van der Waals surface area contributed by atoms with Crippen molar-refractivity contribution in [3.63, 3.8) is 0 Å². The number of likely N-dealkylation sites (tertiary alicyclic amines) is 1. The zero-order valence-corrected chi connectivity index (χ0v) is 20.4. The molecule has 6 nitrogen and oxygen atoms in total. The van der Waals surface area contributed by atoms with E-state index in [4.69, 9.17) is 0 Å². The number of hydrogen-bond donors (Lipinski definition) is 1. The van der Waals surface area contributed by atoms with Gasteiger partial charge in [-0.1, -0.05) is 36.2 Å². The van der Waals surface area contributed by atoms with Crippen molar-refractivity contribution in [1.29, 1.82) is 0 Å². The van der Waals surface area contributed by atoms with Gasteiger partial charge in [-0.25, -0.2) is 8.42 Å². The van der Waals surface area contributed by atoms with Gasteiger partial charge in [0.2, 0.25) is 5.91 Å². The van der Waals surface area contributed by atoms with Crippen LogP contribution in [-0.2, 0) is 27.8 Å². The molecule has 8 heteroatoms. The monoisotopic (exact) mass is 475 g/mol. The van der Waals surface area contributed by atoms with Gasteiger partial charge >= 0.3 is 0 Å². The van der Waals surface area contributed by atoms with Crippen LogP contribution in [0.15, 0.2) is 40.6 Å². The highest BCUT2D eigenvalue weighted by atomic mass is 32.2. The van der Waals surface area contributed by atoms with Crippen LogP contribution in [0.2, 0.25) is 0 Å². The van der Waals surface area contributed by atoms with Crippen LogP contribution in [0.3, 0.4) is 0 Å². The molecular weight excluding hydrogens is 442 g/mol. The molecule has 4 rings (SSSR count). The van der Waals surface area contributed by atoms with Crippen LogP contribution in [0, 0.1) is 6.92 Å². The van der Waals surface area contributed by atoms with Crippen LogP contribution in [0.5, 0.6) is 0 Å². The molecule has 3 heterocycles. The van der Waals surface area contributed by atoms with Gasteiger partial charge in [0.25, 0.3) is 10.0 Å². The molecule has 2 aliphatic rings. The lowest BCUT2D eigenvalue weighted by Crippen LogP contribution is -2.44. The van der Waals surface area contributed by atoms with E-state index in [2.05, 4.69) is 41.4 Å². The smallest absolute Gasteiger partial charge is 0.252 e. The van der Waals surface area contributed by atoms with Crippen LogP contribution >= 0.6 is 11.3 Å². The zero-order valence-electron chi connectivity index (χ0n) is 18.8. The molecule has 1 N–H and O–H groups in total. The third-order valence-electron chi connectivity index (χ3n) is 6.32. The van der Waals surface area contributed by atoms with Crippen molar-refractivity contribution in [3.8, 4) is 0 Å². The Kier molecular flexibility index (Phi) is 7.66. The number of hydrogen-bond acceptors (Lipinski definition) is 5. The molecule has 2 aromatic rings. The number of aryl methyl sites for hydroxylation is 1. The normalized spacial score (nSPS) is 19.2. The summed E-state index contributed by atoms with van der Waals surface area (Å²) >= 11 is 1.23. The number of nitrogens with one attached hydrogen (secondary N) is 1. The van der Waals surface area contributed by atoms with Crippen molar-refractivity contribution in [3.05, 3.63) is 52.4 Å². The molecular formula is C24H33N3O3S2. The molecule has 0 radical (unpaired) electrons. The van der Waals surface area contributed by atoms with Gasteiger partial charge in [-0.2, -0.15) is 4.31 Å². The molecule has 2 saturated heterocycles. The van der Waals surface area contributed by atoms with Gasteiger partial charge in [0.1, 0.15) is 4.21 Å². The number of thiophene rings is 1. The fourth-order valence-corrected chi connectivity index (χ4v) is 7.59. The van der Waals surface area contributed by atoms with E-state index in [1.807, 2.05) is 0 Å². The molecule has 0 unspecified atom stereocenters. The Labute approximate surface area is 195 Å². The lowest BCUT2D eigenvalue weighted by Gasteiger charge is -2.32. The van der Waals surface area contributed by atoms with E-state index >= 15 is 0 Å². The van der Waals surface area contributed by atoms with Gasteiger partial charge in [0, 0.05) is 43.6 Å². The third-order valence-corrected chi connectivity index (χ3v) is 9.77. The second-order valence-corrected chi connectivity index (χ2v) is 12.3. The van der Waals surface area contributed by atoms with E-state index in [9.17, 15) is 13.2 Å². The number of benzene rings is 1. The van der Waals surface area contributed by atoms with Gasteiger partial charge in [-0.3, -0.25) is 9.69 Å². The summed E-state index contributed by atoms with van der Waals surface area (Å²) in [5.74, 6) is -0.0223. The minimum absolute atomic E-state index is 0.0223. The Bertz CT molecular complexity index is 1020. The molecule has 0 atom stereocenters. The first kappa shape index (κ1) is 23.4. The number of nitrogens with zero attached hydrogens (tertiary/aromatic N) is 2. The summed E-state index contributed by atoms with van der Waals surface area (Å²) in [7, 11) is -3.42. The number of sulfonamides is 1. The standard InChI is InChI=1S/C24H33N3O3S2/c1-19-6-5-7-20(16-19)18-26-14-10-21(11-15-26)25-23(28)17-22-8-9-24(31-22)32(29,30)27-12-3-2-4-13-27/h5-9,16,21H,2-4,10-15,17-18H2,1H3,(H,25,28). The Morgan fingerprint density at radius 3 is 2.53 bits per heavy atom. The number of rotatable bonds is 7. The Hall–Kier alpha value is -1.74. The fourth-order valence-electron chi connectivity index (χ4n) is 4.57. The predicted octanol–water partition coefficient (Wildman–Crippen LogP) is 3.55. The molecule has 1 amide bonds. The van der Waals surface area contributed by atoms with E-state index in [1.54, 1.807) is 16.4 Å². The summed E-state index contributed by atoms with van der Waals surface area (Å²) < 4.78 is 27.6. The molecule has 0 saturated carbocycles. The molecule has 2 aliphatic heterocycles. The Morgan fingerprint density at radius 1 is 1.06 bits per heavy atom. The van der Waals surface area contributed by atoms with Crippen LogP contribution < -0.4 is 5.32 Å². The van der Waals surface area contributed by atoms with Crippen molar-refractivity contribution in [2.75, 3.05) is 26.2 Å². The topological polar surface area (TPSA) is 69.7 Å². The number of carbonyl (C=O) groups excluding carboxylic acids is 1. The minimum atomic E-state index is -3.42. The van der Waals surface area contributed by atoms with E-state index in [0.29, 0.717) is 17.3 Å².